The Morgan fingerprint density at radius 1 is 1.09 bits per heavy atom. The van der Waals surface area contributed by atoms with Crippen molar-refractivity contribution in [1.29, 1.82) is 5.26 Å². The number of carbonyl (C=O) groups excluding carboxylic acids is 2. The van der Waals surface area contributed by atoms with Crippen LogP contribution < -0.4 is 10.4 Å². The Kier molecular flexibility index (Phi) is 7.71. The summed E-state index contributed by atoms with van der Waals surface area (Å²) in [5, 5.41) is 32.1. The number of aliphatic carboxylic acids is 1. The van der Waals surface area contributed by atoms with Crippen LogP contribution in [0.1, 0.15) is 74.5 Å². The summed E-state index contributed by atoms with van der Waals surface area (Å²) in [5.41, 5.74) is -4.10. The molecule has 2 saturated carbocycles. The van der Waals surface area contributed by atoms with Crippen molar-refractivity contribution in [3.05, 3.63) is 82.0 Å². The number of carboxylic acid groups (broad SMARTS) is 1. The zero-order chi connectivity index (χ0) is 33.9. The van der Waals surface area contributed by atoms with E-state index in [1.807, 2.05) is 13.0 Å². The Bertz CT molecular complexity index is 1850. The molecular formula is C35H34N2O10. The molecule has 0 radical (unpaired) electrons. The molecule has 1 aliphatic heterocycles. The van der Waals surface area contributed by atoms with Gasteiger partial charge in [0.25, 0.3) is 0 Å². The van der Waals surface area contributed by atoms with Crippen molar-refractivity contribution in [1.82, 2.24) is 4.98 Å². The molecule has 12 heteroatoms. The number of aliphatic hydroxyl groups excluding tert-OH is 1. The van der Waals surface area contributed by atoms with Gasteiger partial charge in [0, 0.05) is 36.9 Å². The van der Waals surface area contributed by atoms with Gasteiger partial charge in [0.15, 0.2) is 0 Å². The van der Waals surface area contributed by atoms with Gasteiger partial charge in [-0.05, 0) is 80.8 Å². The minimum atomic E-state index is -1.66. The Hall–Kier alpha value is -5.02. The monoisotopic (exact) mass is 642 g/mol. The fraction of sp³-hybridized carbons (Fsp3) is 0.429. The molecule has 3 aromatic rings. The first-order valence-corrected chi connectivity index (χ1v) is 15.3. The lowest BCUT2D eigenvalue weighted by Gasteiger charge is -2.65. The number of benzene rings is 1. The highest BCUT2D eigenvalue weighted by Gasteiger charge is 2.72. The highest BCUT2D eigenvalue weighted by molar-refractivity contribution is 5.89. The summed E-state index contributed by atoms with van der Waals surface area (Å²) in [6.07, 6.45) is -0.108. The number of hydrogen-bond donors (Lipinski definition) is 2. The van der Waals surface area contributed by atoms with Gasteiger partial charge in [-0.1, -0.05) is 6.92 Å². The molecule has 2 fully saturated rings. The second-order valence-corrected chi connectivity index (χ2v) is 13.2. The molecule has 8 atom stereocenters. The summed E-state index contributed by atoms with van der Waals surface area (Å²) in [6.45, 7) is 6.25. The lowest BCUT2D eigenvalue weighted by Crippen LogP contribution is -2.71. The number of fused-ring (bicyclic) bond motifs is 4. The number of aliphatic hydroxyl groups is 1. The minimum Gasteiger partial charge on any atom is -0.482 e. The molecule has 244 valence electrons. The lowest BCUT2D eigenvalue weighted by atomic mass is 9.42. The van der Waals surface area contributed by atoms with Gasteiger partial charge in [0.1, 0.15) is 40.3 Å². The smallest absolute Gasteiger partial charge is 0.345 e. The number of hydrogen-bond acceptors (Lipinski definition) is 11. The number of carbonyl (C=O) groups is 3. The summed E-state index contributed by atoms with van der Waals surface area (Å²) in [7, 11) is 0. The molecule has 3 heterocycles. The fourth-order valence-electron chi connectivity index (χ4n) is 8.42. The molecular weight excluding hydrogens is 608 g/mol. The van der Waals surface area contributed by atoms with Crippen LogP contribution in [0.25, 0.3) is 11.3 Å². The Morgan fingerprint density at radius 3 is 2.43 bits per heavy atom. The molecule has 1 aromatic carbocycles. The highest BCUT2D eigenvalue weighted by Crippen LogP contribution is 2.67. The summed E-state index contributed by atoms with van der Waals surface area (Å²) in [4.78, 5) is 56.5. The van der Waals surface area contributed by atoms with E-state index in [4.69, 9.17) is 18.6 Å². The van der Waals surface area contributed by atoms with Gasteiger partial charge in [-0.2, -0.15) is 5.26 Å². The molecule has 3 unspecified atom stereocenters. The largest absolute Gasteiger partial charge is 0.482 e. The van der Waals surface area contributed by atoms with Crippen LogP contribution in [0.4, 0.5) is 0 Å². The molecule has 2 N–H and O–H groups in total. The Balaban J connectivity index is 1.51. The van der Waals surface area contributed by atoms with E-state index in [1.54, 1.807) is 25.3 Å². The van der Waals surface area contributed by atoms with Crippen LogP contribution in [0.3, 0.4) is 0 Å². The average molecular weight is 643 g/mol. The first kappa shape index (κ1) is 31.9. The standard InChI is InChI=1S/C35H34N2O10/c1-18(38)44-25-11-12-33(2)24(34(25,3)32(42)43)15-26(46-30(40)20-9-7-19(16-36)8-10-20)35(4)29(33)28(39)27-23(47-35)14-22(45-31(27)41)21-6-5-13-37-17-21/h5-10,13-14,17,24-26,28-29,39H,11-12,15H2,1-4H3,(H,42,43)/t24?,25-,26-,28?,29?,33-,34-,35+/m0/s1. The second kappa shape index (κ2) is 11.3. The zero-order valence-electron chi connectivity index (χ0n) is 26.3. The van der Waals surface area contributed by atoms with Crippen molar-refractivity contribution in [2.45, 2.75) is 70.9 Å². The van der Waals surface area contributed by atoms with E-state index >= 15 is 0 Å². The Labute approximate surface area is 269 Å². The van der Waals surface area contributed by atoms with E-state index in [1.165, 1.54) is 50.4 Å². The van der Waals surface area contributed by atoms with E-state index in [-0.39, 0.29) is 35.5 Å². The van der Waals surface area contributed by atoms with Gasteiger partial charge in [0.2, 0.25) is 0 Å². The summed E-state index contributed by atoms with van der Waals surface area (Å²) < 4.78 is 24.0. The molecule has 12 nitrogen and oxygen atoms in total. The van der Waals surface area contributed by atoms with Crippen LogP contribution in [0.15, 0.2) is 64.1 Å². The molecule has 2 aromatic heterocycles. The van der Waals surface area contributed by atoms with E-state index in [2.05, 4.69) is 4.98 Å². The van der Waals surface area contributed by atoms with Gasteiger partial charge in [0.05, 0.1) is 23.3 Å². The Morgan fingerprint density at radius 2 is 1.81 bits per heavy atom. The van der Waals surface area contributed by atoms with E-state index in [0.29, 0.717) is 17.5 Å². The molecule has 0 bridgehead atoms. The normalized spacial score (nSPS) is 32.3. The maximum absolute atomic E-state index is 13.6. The fourth-order valence-corrected chi connectivity index (χ4v) is 8.42. The van der Waals surface area contributed by atoms with E-state index in [0.717, 1.165) is 0 Å². The van der Waals surface area contributed by atoms with Crippen molar-refractivity contribution in [2.24, 2.45) is 22.7 Å². The number of pyridine rings is 1. The number of ether oxygens (including phenoxy) is 3. The number of rotatable bonds is 5. The van der Waals surface area contributed by atoms with Crippen LogP contribution in [-0.4, -0.2) is 50.9 Å². The second-order valence-electron chi connectivity index (χ2n) is 13.2. The number of esters is 2. The van der Waals surface area contributed by atoms with Crippen LogP contribution in [0.5, 0.6) is 5.75 Å². The molecule has 0 spiro atoms. The van der Waals surface area contributed by atoms with Gasteiger partial charge in [-0.15, -0.1) is 0 Å². The third-order valence-corrected chi connectivity index (χ3v) is 10.7. The number of carboxylic acids is 1. The van der Waals surface area contributed by atoms with Crippen LogP contribution in [0.2, 0.25) is 0 Å². The van der Waals surface area contributed by atoms with E-state index < -0.39 is 70.1 Å². The van der Waals surface area contributed by atoms with Crippen LogP contribution in [-0.2, 0) is 19.1 Å². The molecule has 2 aliphatic carbocycles. The van der Waals surface area contributed by atoms with Crippen molar-refractivity contribution >= 4 is 17.9 Å². The maximum Gasteiger partial charge on any atom is 0.345 e. The number of nitrogens with zero attached hydrogens (tertiary/aromatic N) is 2. The molecule has 0 amide bonds. The molecule has 0 saturated heterocycles. The topological polar surface area (TPSA) is 186 Å². The predicted octanol–water partition coefficient (Wildman–Crippen LogP) is 4.44. The number of aromatic nitrogens is 1. The summed E-state index contributed by atoms with van der Waals surface area (Å²) in [6, 6.07) is 12.7. The van der Waals surface area contributed by atoms with Crippen LogP contribution >= 0.6 is 0 Å². The van der Waals surface area contributed by atoms with Gasteiger partial charge >= 0.3 is 23.5 Å². The lowest BCUT2D eigenvalue weighted by molar-refractivity contribution is -0.261. The van der Waals surface area contributed by atoms with Crippen molar-refractivity contribution in [2.75, 3.05) is 0 Å². The van der Waals surface area contributed by atoms with Crippen molar-refractivity contribution in [3.63, 3.8) is 0 Å². The SMILES string of the molecule is CC(=O)O[C@H]1CC[C@]2(C)C3C(O)c4c(cc(-c5cccnc5)oc4=O)O[C@]3(C)[C@@H](OC(=O)c3ccc(C#N)cc3)CC2[C@]1(C)C(=O)O. The van der Waals surface area contributed by atoms with Crippen LogP contribution in [0, 0.1) is 34.0 Å². The van der Waals surface area contributed by atoms with Gasteiger partial charge < -0.3 is 28.8 Å². The third kappa shape index (κ3) is 4.97. The summed E-state index contributed by atoms with van der Waals surface area (Å²) >= 11 is 0. The number of nitriles is 1. The first-order chi connectivity index (χ1) is 22.2. The third-order valence-electron chi connectivity index (χ3n) is 10.7. The predicted molar refractivity (Wildman–Crippen MR) is 163 cm³/mol. The van der Waals surface area contributed by atoms with Crippen molar-refractivity contribution in [3.8, 4) is 23.1 Å². The highest BCUT2D eigenvalue weighted by atomic mass is 16.6. The molecule has 3 aliphatic rings. The van der Waals surface area contributed by atoms with Crippen molar-refractivity contribution < 1.29 is 43.2 Å². The maximum atomic E-state index is 13.6. The average Bonchev–Trinajstić information content (AvgIpc) is 3.03. The molecule has 6 rings (SSSR count). The first-order valence-electron chi connectivity index (χ1n) is 15.3. The van der Waals surface area contributed by atoms with E-state index in [9.17, 15) is 34.7 Å². The van der Waals surface area contributed by atoms with Gasteiger partial charge in [-0.25, -0.2) is 9.59 Å². The minimum absolute atomic E-state index is 0.0228. The molecule has 47 heavy (non-hydrogen) atoms. The zero-order valence-corrected chi connectivity index (χ0v) is 26.3. The van der Waals surface area contributed by atoms with Gasteiger partial charge in [-0.3, -0.25) is 14.6 Å². The quantitative estimate of drug-likeness (QED) is 0.373. The summed E-state index contributed by atoms with van der Waals surface area (Å²) in [5.74, 6) is -4.18.